The molecular weight excluding hydrogens is 224 g/mol. The smallest absolute Gasteiger partial charge is 0.0481 e. The molecule has 1 unspecified atom stereocenters. The molecule has 1 aromatic rings. The van der Waals surface area contributed by atoms with Gasteiger partial charge in [0, 0.05) is 44.2 Å². The highest BCUT2D eigenvalue weighted by Crippen LogP contribution is 2.23. The summed E-state index contributed by atoms with van der Waals surface area (Å²) in [4.78, 5) is 2.46. The lowest BCUT2D eigenvalue weighted by atomic mass is 10.2. The molecule has 0 amide bonds. The van der Waals surface area contributed by atoms with Crippen molar-refractivity contribution in [3.63, 3.8) is 0 Å². The lowest BCUT2D eigenvalue weighted by Gasteiger charge is -2.20. The fourth-order valence-electron chi connectivity index (χ4n) is 2.42. The van der Waals surface area contributed by atoms with Crippen LogP contribution >= 0.6 is 0 Å². The molecule has 1 heterocycles. The fraction of sp³-hybridized carbons (Fsp3) is 0.600. The molecule has 100 valence electrons. The Hall–Kier alpha value is -1.22. The minimum absolute atomic E-state index is 0.443. The first kappa shape index (κ1) is 13.2. The second-order valence-corrected chi connectivity index (χ2v) is 5.07. The number of benzene rings is 1. The minimum Gasteiger partial charge on any atom is -0.385 e. The maximum Gasteiger partial charge on any atom is 0.0481 e. The maximum absolute atomic E-state index is 5.11. The van der Waals surface area contributed by atoms with Crippen molar-refractivity contribution in [2.75, 3.05) is 37.0 Å². The summed E-state index contributed by atoms with van der Waals surface area (Å²) in [5, 5.41) is 3.53. The van der Waals surface area contributed by atoms with Crippen LogP contribution in [0.1, 0.15) is 26.2 Å². The normalized spacial score (nSPS) is 16.9. The first-order valence-electron chi connectivity index (χ1n) is 6.90. The van der Waals surface area contributed by atoms with Gasteiger partial charge in [0.1, 0.15) is 0 Å². The third-order valence-electron chi connectivity index (χ3n) is 3.49. The van der Waals surface area contributed by atoms with Gasteiger partial charge >= 0.3 is 0 Å². The standard InChI is InChI=1S/C15H24N2O/c1-13(8-11-18-2)16-14-6-5-7-15(12-14)17-9-3-4-10-17/h5-7,12-13,16H,3-4,8-11H2,1-2H3. The van der Waals surface area contributed by atoms with Gasteiger partial charge in [0.15, 0.2) is 0 Å². The Morgan fingerprint density at radius 2 is 2.11 bits per heavy atom. The lowest BCUT2D eigenvalue weighted by Crippen LogP contribution is -2.19. The van der Waals surface area contributed by atoms with Crippen LogP contribution in [0.4, 0.5) is 11.4 Å². The molecule has 3 heteroatoms. The number of rotatable bonds is 6. The Morgan fingerprint density at radius 3 is 2.83 bits per heavy atom. The van der Waals surface area contributed by atoms with Crippen molar-refractivity contribution in [1.29, 1.82) is 0 Å². The van der Waals surface area contributed by atoms with E-state index in [0.717, 1.165) is 13.0 Å². The van der Waals surface area contributed by atoms with Gasteiger partial charge in [0.25, 0.3) is 0 Å². The third-order valence-corrected chi connectivity index (χ3v) is 3.49. The third kappa shape index (κ3) is 3.64. The molecule has 1 N–H and O–H groups in total. The van der Waals surface area contributed by atoms with Crippen LogP contribution in [-0.2, 0) is 4.74 Å². The van der Waals surface area contributed by atoms with Crippen LogP contribution in [0.3, 0.4) is 0 Å². The largest absolute Gasteiger partial charge is 0.385 e. The molecule has 0 spiro atoms. The Balaban J connectivity index is 1.94. The number of nitrogens with zero attached hydrogens (tertiary/aromatic N) is 1. The summed E-state index contributed by atoms with van der Waals surface area (Å²) in [6.07, 6.45) is 3.67. The van der Waals surface area contributed by atoms with Crippen LogP contribution in [0.2, 0.25) is 0 Å². The number of methoxy groups -OCH3 is 1. The van der Waals surface area contributed by atoms with Crippen LogP contribution in [0, 0.1) is 0 Å². The second kappa shape index (κ2) is 6.64. The monoisotopic (exact) mass is 248 g/mol. The van der Waals surface area contributed by atoms with Crippen molar-refractivity contribution in [1.82, 2.24) is 0 Å². The van der Waals surface area contributed by atoms with Crippen LogP contribution in [-0.4, -0.2) is 32.8 Å². The molecular formula is C15H24N2O. The molecule has 0 saturated carbocycles. The zero-order valence-electron chi connectivity index (χ0n) is 11.5. The van der Waals surface area contributed by atoms with Crippen molar-refractivity contribution in [3.05, 3.63) is 24.3 Å². The molecule has 1 saturated heterocycles. The van der Waals surface area contributed by atoms with Gasteiger partial charge in [-0.2, -0.15) is 0 Å². The van der Waals surface area contributed by atoms with Gasteiger partial charge in [-0.25, -0.2) is 0 Å². The zero-order chi connectivity index (χ0) is 12.8. The lowest BCUT2D eigenvalue weighted by molar-refractivity contribution is 0.191. The van der Waals surface area contributed by atoms with E-state index in [2.05, 4.69) is 41.4 Å². The highest BCUT2D eigenvalue weighted by atomic mass is 16.5. The minimum atomic E-state index is 0.443. The molecule has 2 rings (SSSR count). The molecule has 18 heavy (non-hydrogen) atoms. The summed E-state index contributed by atoms with van der Waals surface area (Å²) in [7, 11) is 1.75. The van der Waals surface area contributed by atoms with Crippen molar-refractivity contribution >= 4 is 11.4 Å². The topological polar surface area (TPSA) is 24.5 Å². The SMILES string of the molecule is COCCC(C)Nc1cccc(N2CCCC2)c1. The van der Waals surface area contributed by atoms with Gasteiger partial charge in [-0.15, -0.1) is 0 Å². The van der Waals surface area contributed by atoms with Crippen molar-refractivity contribution in [2.45, 2.75) is 32.2 Å². The van der Waals surface area contributed by atoms with Crippen molar-refractivity contribution in [2.24, 2.45) is 0 Å². The van der Waals surface area contributed by atoms with Gasteiger partial charge < -0.3 is 15.0 Å². The van der Waals surface area contributed by atoms with E-state index >= 15 is 0 Å². The summed E-state index contributed by atoms with van der Waals surface area (Å²) >= 11 is 0. The summed E-state index contributed by atoms with van der Waals surface area (Å²) in [5.74, 6) is 0. The van der Waals surface area contributed by atoms with Crippen LogP contribution in [0.25, 0.3) is 0 Å². The van der Waals surface area contributed by atoms with Gasteiger partial charge in [-0.3, -0.25) is 0 Å². The summed E-state index contributed by atoms with van der Waals surface area (Å²) in [6.45, 7) is 5.40. The number of ether oxygens (including phenoxy) is 1. The van der Waals surface area contributed by atoms with E-state index in [0.29, 0.717) is 6.04 Å². The summed E-state index contributed by atoms with van der Waals surface area (Å²) in [5.41, 5.74) is 2.56. The Kier molecular flexibility index (Phi) is 4.88. The molecule has 0 radical (unpaired) electrons. The van der Waals surface area contributed by atoms with E-state index in [4.69, 9.17) is 4.74 Å². The zero-order valence-corrected chi connectivity index (χ0v) is 11.5. The molecule has 1 fully saturated rings. The molecule has 1 atom stereocenters. The highest BCUT2D eigenvalue weighted by molar-refractivity contribution is 5.58. The van der Waals surface area contributed by atoms with E-state index < -0.39 is 0 Å². The Labute approximate surface area is 110 Å². The first-order chi connectivity index (χ1) is 8.79. The van der Waals surface area contributed by atoms with Gasteiger partial charge in [0.05, 0.1) is 0 Å². The molecule has 3 nitrogen and oxygen atoms in total. The van der Waals surface area contributed by atoms with Gasteiger partial charge in [0.2, 0.25) is 0 Å². The molecule has 0 bridgehead atoms. The Bertz CT molecular complexity index is 361. The number of nitrogens with one attached hydrogen (secondary N) is 1. The predicted octanol–water partition coefficient (Wildman–Crippen LogP) is 3.12. The number of hydrogen-bond acceptors (Lipinski definition) is 3. The van der Waals surface area contributed by atoms with E-state index in [-0.39, 0.29) is 0 Å². The molecule has 1 aliphatic rings. The van der Waals surface area contributed by atoms with Crippen LogP contribution in [0.15, 0.2) is 24.3 Å². The number of hydrogen-bond donors (Lipinski definition) is 1. The Morgan fingerprint density at radius 1 is 1.33 bits per heavy atom. The van der Waals surface area contributed by atoms with Crippen molar-refractivity contribution in [3.8, 4) is 0 Å². The fourth-order valence-corrected chi connectivity index (χ4v) is 2.42. The second-order valence-electron chi connectivity index (χ2n) is 5.07. The quantitative estimate of drug-likeness (QED) is 0.837. The van der Waals surface area contributed by atoms with E-state index in [1.165, 1.54) is 37.3 Å². The predicted molar refractivity (Wildman–Crippen MR) is 77.5 cm³/mol. The van der Waals surface area contributed by atoms with E-state index in [9.17, 15) is 0 Å². The average molecular weight is 248 g/mol. The van der Waals surface area contributed by atoms with Gasteiger partial charge in [-0.1, -0.05) is 6.07 Å². The van der Waals surface area contributed by atoms with Crippen molar-refractivity contribution < 1.29 is 4.74 Å². The molecule has 1 aliphatic heterocycles. The molecule has 1 aromatic carbocycles. The highest BCUT2D eigenvalue weighted by Gasteiger charge is 2.12. The van der Waals surface area contributed by atoms with Crippen LogP contribution in [0.5, 0.6) is 0 Å². The number of anilines is 2. The summed E-state index contributed by atoms with van der Waals surface area (Å²) in [6, 6.07) is 9.19. The molecule has 0 aromatic heterocycles. The molecule has 0 aliphatic carbocycles. The van der Waals surface area contributed by atoms with Crippen LogP contribution < -0.4 is 10.2 Å². The van der Waals surface area contributed by atoms with Gasteiger partial charge in [-0.05, 0) is 44.4 Å². The summed E-state index contributed by atoms with van der Waals surface area (Å²) < 4.78 is 5.11. The average Bonchev–Trinajstić information content (AvgIpc) is 2.90. The first-order valence-corrected chi connectivity index (χ1v) is 6.90. The van der Waals surface area contributed by atoms with E-state index in [1.54, 1.807) is 7.11 Å². The maximum atomic E-state index is 5.11. The van der Waals surface area contributed by atoms with E-state index in [1.807, 2.05) is 0 Å².